The lowest BCUT2D eigenvalue weighted by Crippen LogP contribution is -2.34. The van der Waals surface area contributed by atoms with Gasteiger partial charge in [-0.05, 0) is 68.4 Å². The largest absolute Gasteiger partial charge is 0.332 e. The van der Waals surface area contributed by atoms with Crippen molar-refractivity contribution >= 4 is 50.5 Å². The molecule has 4 nitrogen and oxygen atoms in total. The lowest BCUT2D eigenvalue weighted by atomic mass is 10.1. The van der Waals surface area contributed by atoms with Gasteiger partial charge in [-0.15, -0.1) is 11.3 Å². The number of aryl methyl sites for hydroxylation is 3. The summed E-state index contributed by atoms with van der Waals surface area (Å²) in [7, 11) is 0. The number of hydrogen-bond acceptors (Lipinski definition) is 4. The molecule has 2 N–H and O–H groups in total. The molecule has 1 heterocycles. The average molecular weight is 432 g/mol. The summed E-state index contributed by atoms with van der Waals surface area (Å²) in [6, 6.07) is 19.9. The van der Waals surface area contributed by atoms with Crippen molar-refractivity contribution in [1.29, 1.82) is 0 Å². The molecule has 1 aromatic heterocycles. The molecule has 6 heteroatoms. The number of fused-ring (bicyclic) bond motifs is 1. The van der Waals surface area contributed by atoms with Gasteiger partial charge < -0.3 is 5.32 Å². The van der Waals surface area contributed by atoms with E-state index in [0.717, 1.165) is 43.2 Å². The Bertz CT molecular complexity index is 1240. The normalized spacial score (nSPS) is 10.8. The minimum Gasteiger partial charge on any atom is -0.332 e. The Balaban J connectivity index is 1.53. The molecule has 0 aliphatic heterocycles. The second-order valence-corrected chi connectivity index (χ2v) is 8.68. The first-order valence-electron chi connectivity index (χ1n) is 9.57. The molecule has 0 saturated carbocycles. The predicted octanol–water partition coefficient (Wildman–Crippen LogP) is 6.02. The maximum absolute atomic E-state index is 12.6. The number of anilines is 1. The van der Waals surface area contributed by atoms with E-state index in [1.165, 1.54) is 0 Å². The van der Waals surface area contributed by atoms with Crippen LogP contribution >= 0.6 is 23.6 Å². The third kappa shape index (κ3) is 4.25. The number of aromatic nitrogens is 1. The molecular weight excluding hydrogens is 410 g/mol. The second kappa shape index (κ2) is 8.34. The Hall–Kier alpha value is -3.09. The van der Waals surface area contributed by atoms with Crippen LogP contribution in [0, 0.1) is 20.8 Å². The number of thiocarbonyl (C=S) groups is 1. The second-order valence-electron chi connectivity index (χ2n) is 7.24. The Morgan fingerprint density at radius 3 is 2.53 bits per heavy atom. The van der Waals surface area contributed by atoms with E-state index in [1.54, 1.807) is 11.3 Å². The van der Waals surface area contributed by atoms with Gasteiger partial charge in [0, 0.05) is 16.8 Å². The molecule has 0 atom stereocenters. The molecule has 0 unspecified atom stereocenters. The highest BCUT2D eigenvalue weighted by molar-refractivity contribution is 7.80. The minimum atomic E-state index is -0.218. The number of carbonyl (C=O) groups excluding carboxylic acids is 1. The van der Waals surface area contributed by atoms with Crippen LogP contribution in [0.4, 0.5) is 5.69 Å². The third-order valence-corrected chi connectivity index (χ3v) is 6.17. The van der Waals surface area contributed by atoms with E-state index in [-0.39, 0.29) is 11.0 Å². The fourth-order valence-corrected chi connectivity index (χ4v) is 4.44. The molecule has 0 spiro atoms. The summed E-state index contributed by atoms with van der Waals surface area (Å²) in [5.74, 6) is -0.218. The van der Waals surface area contributed by atoms with Crippen LogP contribution in [0.2, 0.25) is 0 Å². The Morgan fingerprint density at radius 1 is 0.967 bits per heavy atom. The topological polar surface area (TPSA) is 54.0 Å². The van der Waals surface area contributed by atoms with Crippen LogP contribution in [0.3, 0.4) is 0 Å². The number of hydrogen-bond donors (Lipinski definition) is 2. The highest BCUT2D eigenvalue weighted by Crippen LogP contribution is 2.32. The number of thiazole rings is 1. The Labute approximate surface area is 185 Å². The van der Waals surface area contributed by atoms with E-state index in [0.29, 0.717) is 5.56 Å². The van der Waals surface area contributed by atoms with E-state index in [9.17, 15) is 4.79 Å². The van der Waals surface area contributed by atoms with Crippen molar-refractivity contribution in [2.75, 3.05) is 5.32 Å². The number of rotatable bonds is 3. The predicted molar refractivity (Wildman–Crippen MR) is 129 cm³/mol. The Morgan fingerprint density at radius 2 is 1.77 bits per heavy atom. The van der Waals surface area contributed by atoms with Crippen LogP contribution in [0.1, 0.15) is 27.0 Å². The fourth-order valence-electron chi connectivity index (χ4n) is 3.28. The molecule has 0 bridgehead atoms. The molecule has 4 rings (SSSR count). The van der Waals surface area contributed by atoms with Gasteiger partial charge in [0.05, 0.1) is 10.2 Å². The summed E-state index contributed by atoms with van der Waals surface area (Å²) in [5, 5.41) is 7.16. The molecule has 0 radical (unpaired) electrons. The van der Waals surface area contributed by atoms with Crippen LogP contribution in [0.25, 0.3) is 20.8 Å². The first-order valence-corrected chi connectivity index (χ1v) is 10.8. The first-order chi connectivity index (χ1) is 14.4. The maximum Gasteiger partial charge on any atom is 0.257 e. The van der Waals surface area contributed by atoms with E-state index in [1.807, 2.05) is 69.3 Å². The van der Waals surface area contributed by atoms with E-state index in [2.05, 4.69) is 22.8 Å². The van der Waals surface area contributed by atoms with Crippen LogP contribution in [-0.2, 0) is 0 Å². The summed E-state index contributed by atoms with van der Waals surface area (Å²) < 4.78 is 1.15. The number of amides is 1. The quantitative estimate of drug-likeness (QED) is 0.390. The zero-order chi connectivity index (χ0) is 21.3. The molecule has 0 fully saturated rings. The number of para-hydroxylation sites is 1. The van der Waals surface area contributed by atoms with Crippen molar-refractivity contribution in [3.8, 4) is 10.6 Å². The average Bonchev–Trinajstić information content (AvgIpc) is 3.13. The molecule has 3 aromatic carbocycles. The van der Waals surface area contributed by atoms with E-state index in [4.69, 9.17) is 17.2 Å². The van der Waals surface area contributed by atoms with Crippen molar-refractivity contribution in [2.45, 2.75) is 20.8 Å². The SMILES string of the molecule is Cc1ccc(C(=O)NC(=S)Nc2cc(-c3nc4ccccc4s3)ccc2C)c(C)c1. The van der Waals surface area contributed by atoms with Gasteiger partial charge in [-0.3, -0.25) is 10.1 Å². The standard InChI is InChI=1S/C24H21N3OS2/c1-14-8-11-18(16(3)12-14)22(28)27-24(29)26-20-13-17(10-9-15(20)2)23-25-19-6-4-5-7-21(19)30-23/h4-13H,1-3H3,(H2,26,27,28,29). The molecule has 4 aromatic rings. The van der Waals surface area contributed by atoms with Crippen molar-refractivity contribution in [3.63, 3.8) is 0 Å². The molecule has 30 heavy (non-hydrogen) atoms. The first kappa shape index (κ1) is 20.2. The van der Waals surface area contributed by atoms with Gasteiger partial charge in [-0.2, -0.15) is 0 Å². The summed E-state index contributed by atoms with van der Waals surface area (Å²) in [5.41, 5.74) is 6.53. The van der Waals surface area contributed by atoms with Gasteiger partial charge in [0.25, 0.3) is 5.91 Å². The summed E-state index contributed by atoms with van der Waals surface area (Å²) in [6.45, 7) is 5.92. The van der Waals surface area contributed by atoms with Crippen molar-refractivity contribution < 1.29 is 4.79 Å². The van der Waals surface area contributed by atoms with Gasteiger partial charge >= 0.3 is 0 Å². The Kier molecular flexibility index (Phi) is 5.61. The van der Waals surface area contributed by atoms with Crippen LogP contribution in [0.5, 0.6) is 0 Å². The number of carbonyl (C=O) groups is 1. The van der Waals surface area contributed by atoms with Gasteiger partial charge in [0.2, 0.25) is 0 Å². The van der Waals surface area contributed by atoms with Crippen LogP contribution < -0.4 is 10.6 Å². The van der Waals surface area contributed by atoms with Crippen molar-refractivity contribution in [1.82, 2.24) is 10.3 Å². The fraction of sp³-hybridized carbons (Fsp3) is 0.125. The highest BCUT2D eigenvalue weighted by Gasteiger charge is 2.13. The molecule has 0 saturated heterocycles. The van der Waals surface area contributed by atoms with Gasteiger partial charge in [-0.1, -0.05) is 42.0 Å². The van der Waals surface area contributed by atoms with Crippen LogP contribution in [-0.4, -0.2) is 16.0 Å². The lowest BCUT2D eigenvalue weighted by molar-refractivity contribution is 0.0977. The lowest BCUT2D eigenvalue weighted by Gasteiger charge is -2.13. The third-order valence-electron chi connectivity index (χ3n) is 4.88. The van der Waals surface area contributed by atoms with E-state index < -0.39 is 0 Å². The molecule has 0 aliphatic rings. The summed E-state index contributed by atoms with van der Waals surface area (Å²) >= 11 is 7.05. The number of nitrogens with one attached hydrogen (secondary N) is 2. The maximum atomic E-state index is 12.6. The number of nitrogens with zero attached hydrogens (tertiary/aromatic N) is 1. The van der Waals surface area contributed by atoms with Crippen LogP contribution in [0.15, 0.2) is 60.7 Å². The van der Waals surface area contributed by atoms with Gasteiger partial charge in [-0.25, -0.2) is 4.98 Å². The molecule has 150 valence electrons. The van der Waals surface area contributed by atoms with Gasteiger partial charge in [0.15, 0.2) is 5.11 Å². The molecular formula is C24H21N3OS2. The monoisotopic (exact) mass is 431 g/mol. The highest BCUT2D eigenvalue weighted by atomic mass is 32.1. The zero-order valence-electron chi connectivity index (χ0n) is 16.9. The molecule has 0 aliphatic carbocycles. The molecule has 1 amide bonds. The minimum absolute atomic E-state index is 0.218. The zero-order valence-corrected chi connectivity index (χ0v) is 18.6. The summed E-state index contributed by atoms with van der Waals surface area (Å²) in [6.07, 6.45) is 0. The number of benzene rings is 3. The van der Waals surface area contributed by atoms with Crippen molar-refractivity contribution in [2.24, 2.45) is 0 Å². The van der Waals surface area contributed by atoms with Crippen molar-refractivity contribution in [3.05, 3.63) is 82.9 Å². The van der Waals surface area contributed by atoms with E-state index >= 15 is 0 Å². The van der Waals surface area contributed by atoms with Gasteiger partial charge in [0.1, 0.15) is 5.01 Å². The smallest absolute Gasteiger partial charge is 0.257 e. The summed E-state index contributed by atoms with van der Waals surface area (Å²) in [4.78, 5) is 17.3.